The Hall–Kier alpha value is -0.190. The lowest BCUT2D eigenvalue weighted by atomic mass is 9.85. The lowest BCUT2D eigenvalue weighted by Gasteiger charge is -2.44. The third kappa shape index (κ3) is 3.71. The van der Waals surface area contributed by atoms with Crippen LogP contribution in [-0.4, -0.2) is 56.5 Å². The van der Waals surface area contributed by atoms with Crippen molar-refractivity contribution >= 4 is 0 Å². The van der Waals surface area contributed by atoms with Gasteiger partial charge in [-0.1, -0.05) is 6.92 Å². The first kappa shape index (κ1) is 16.2. The molecule has 1 aliphatic carbocycles. The van der Waals surface area contributed by atoms with Gasteiger partial charge in [-0.2, -0.15) is 0 Å². The Bertz CT molecular complexity index is 302. The highest BCUT2D eigenvalue weighted by molar-refractivity contribution is 4.89. The van der Waals surface area contributed by atoms with Crippen LogP contribution in [0, 0.1) is 11.8 Å². The van der Waals surface area contributed by atoms with Gasteiger partial charge in [-0.05, 0) is 52.6 Å². The highest BCUT2D eigenvalue weighted by Gasteiger charge is 2.38. The first-order valence-corrected chi connectivity index (χ1v) is 8.17. The number of nitrogens with one attached hydrogen (secondary N) is 1. The second kappa shape index (κ2) is 7.19. The molecule has 6 atom stereocenters. The Morgan fingerprint density at radius 3 is 2.60 bits per heavy atom. The highest BCUT2D eigenvalue weighted by atomic mass is 19.1. The largest absolute Gasteiger partial charge is 0.372 e. The predicted molar refractivity (Wildman–Crippen MR) is 80.7 cm³/mol. The molecular weight excluding hydrogens is 255 g/mol. The standard InChI is InChI=1S/C16H31FN2O/c1-11-5-6-16(14(17)9-11)20-15-7-8-19(4)12(2)13(15)10-18-3/h11-16,18H,5-10H2,1-4H3/t11?,12-,13?,14-,15?,16?/m0/s1. The fourth-order valence-electron chi connectivity index (χ4n) is 3.75. The fraction of sp³-hybridized carbons (Fsp3) is 1.00. The number of hydrogen-bond donors (Lipinski definition) is 1. The molecule has 118 valence electrons. The van der Waals surface area contributed by atoms with Gasteiger partial charge in [0.1, 0.15) is 6.17 Å². The van der Waals surface area contributed by atoms with E-state index >= 15 is 0 Å². The van der Waals surface area contributed by atoms with E-state index in [1.165, 1.54) is 0 Å². The molecule has 4 heteroatoms. The van der Waals surface area contributed by atoms with E-state index in [2.05, 4.69) is 31.1 Å². The molecule has 0 aromatic heterocycles. The summed E-state index contributed by atoms with van der Waals surface area (Å²) in [5, 5.41) is 3.27. The summed E-state index contributed by atoms with van der Waals surface area (Å²) in [5.41, 5.74) is 0. The fourth-order valence-corrected chi connectivity index (χ4v) is 3.75. The average molecular weight is 286 g/mol. The smallest absolute Gasteiger partial charge is 0.126 e. The minimum atomic E-state index is -0.774. The molecule has 0 bridgehead atoms. The molecule has 0 amide bonds. The molecule has 0 aromatic carbocycles. The monoisotopic (exact) mass is 286 g/mol. The number of rotatable bonds is 4. The Balaban J connectivity index is 1.95. The van der Waals surface area contributed by atoms with Crippen molar-refractivity contribution in [2.75, 3.05) is 27.2 Å². The molecule has 0 aromatic rings. The van der Waals surface area contributed by atoms with Crippen molar-refractivity contribution in [2.45, 2.75) is 64.0 Å². The topological polar surface area (TPSA) is 24.5 Å². The molecule has 2 fully saturated rings. The van der Waals surface area contributed by atoms with Gasteiger partial charge in [-0.3, -0.25) is 0 Å². The van der Waals surface area contributed by atoms with Crippen LogP contribution in [0.3, 0.4) is 0 Å². The Morgan fingerprint density at radius 1 is 1.20 bits per heavy atom. The van der Waals surface area contributed by atoms with E-state index in [-0.39, 0.29) is 12.2 Å². The van der Waals surface area contributed by atoms with Crippen molar-refractivity contribution in [3.8, 4) is 0 Å². The summed E-state index contributed by atoms with van der Waals surface area (Å²) in [6.45, 7) is 6.39. The zero-order valence-electron chi connectivity index (χ0n) is 13.4. The van der Waals surface area contributed by atoms with Crippen molar-refractivity contribution in [2.24, 2.45) is 11.8 Å². The van der Waals surface area contributed by atoms with Gasteiger partial charge in [-0.15, -0.1) is 0 Å². The van der Waals surface area contributed by atoms with Crippen LogP contribution in [-0.2, 0) is 4.74 Å². The van der Waals surface area contributed by atoms with Gasteiger partial charge in [0.15, 0.2) is 0 Å². The maximum Gasteiger partial charge on any atom is 0.126 e. The van der Waals surface area contributed by atoms with E-state index in [0.29, 0.717) is 24.3 Å². The Morgan fingerprint density at radius 2 is 1.95 bits per heavy atom. The lowest BCUT2D eigenvalue weighted by molar-refractivity contribution is -0.122. The summed E-state index contributed by atoms with van der Waals surface area (Å²) in [7, 11) is 4.16. The zero-order valence-corrected chi connectivity index (χ0v) is 13.4. The van der Waals surface area contributed by atoms with Gasteiger partial charge in [-0.25, -0.2) is 4.39 Å². The van der Waals surface area contributed by atoms with Crippen LogP contribution in [0.2, 0.25) is 0 Å². The maximum atomic E-state index is 14.2. The van der Waals surface area contributed by atoms with Gasteiger partial charge in [0.25, 0.3) is 0 Å². The van der Waals surface area contributed by atoms with Crippen LogP contribution in [0.1, 0.15) is 39.5 Å². The average Bonchev–Trinajstić information content (AvgIpc) is 2.41. The van der Waals surface area contributed by atoms with Crippen LogP contribution < -0.4 is 5.32 Å². The van der Waals surface area contributed by atoms with Crippen molar-refractivity contribution < 1.29 is 9.13 Å². The number of hydrogen-bond acceptors (Lipinski definition) is 3. The number of halogens is 1. The number of alkyl halides is 1. The summed E-state index contributed by atoms with van der Waals surface area (Å²) < 4.78 is 20.4. The van der Waals surface area contributed by atoms with E-state index < -0.39 is 6.17 Å². The quantitative estimate of drug-likeness (QED) is 0.859. The van der Waals surface area contributed by atoms with E-state index in [4.69, 9.17) is 4.74 Å². The van der Waals surface area contributed by atoms with Crippen molar-refractivity contribution in [3.63, 3.8) is 0 Å². The number of ether oxygens (including phenoxy) is 1. The molecule has 2 aliphatic rings. The Labute approximate surface area is 123 Å². The third-order valence-electron chi connectivity index (χ3n) is 5.32. The van der Waals surface area contributed by atoms with Crippen LogP contribution in [0.4, 0.5) is 4.39 Å². The third-order valence-corrected chi connectivity index (χ3v) is 5.32. The lowest BCUT2D eigenvalue weighted by Crippen LogP contribution is -2.53. The molecule has 2 rings (SSSR count). The summed E-state index contributed by atoms with van der Waals surface area (Å²) in [6, 6.07) is 0.488. The number of likely N-dealkylation sites (tertiary alicyclic amines) is 1. The van der Waals surface area contributed by atoms with Crippen molar-refractivity contribution in [3.05, 3.63) is 0 Å². The van der Waals surface area contributed by atoms with Gasteiger partial charge in [0, 0.05) is 25.0 Å². The molecule has 4 unspecified atom stereocenters. The maximum absolute atomic E-state index is 14.2. The van der Waals surface area contributed by atoms with Crippen LogP contribution in [0.25, 0.3) is 0 Å². The first-order valence-electron chi connectivity index (χ1n) is 8.17. The van der Waals surface area contributed by atoms with Crippen molar-refractivity contribution in [1.82, 2.24) is 10.2 Å². The van der Waals surface area contributed by atoms with E-state index in [0.717, 1.165) is 32.4 Å². The molecule has 1 saturated carbocycles. The number of nitrogens with zero attached hydrogens (tertiary/aromatic N) is 1. The molecule has 20 heavy (non-hydrogen) atoms. The van der Waals surface area contributed by atoms with Crippen molar-refractivity contribution in [1.29, 1.82) is 0 Å². The summed E-state index contributed by atoms with van der Waals surface area (Å²) in [5.74, 6) is 0.958. The number of piperidine rings is 1. The normalized spacial score (nSPS) is 43.6. The van der Waals surface area contributed by atoms with Crippen LogP contribution in [0.15, 0.2) is 0 Å². The van der Waals surface area contributed by atoms with Gasteiger partial charge >= 0.3 is 0 Å². The SMILES string of the molecule is CNCC1C(OC2CCC(C)C[C@@H]2F)CCN(C)[C@H]1C. The molecule has 1 N–H and O–H groups in total. The Kier molecular flexibility index (Phi) is 5.82. The minimum Gasteiger partial charge on any atom is -0.372 e. The first-order chi connectivity index (χ1) is 9.52. The van der Waals surface area contributed by atoms with Gasteiger partial charge < -0.3 is 15.0 Å². The zero-order chi connectivity index (χ0) is 14.7. The summed E-state index contributed by atoms with van der Waals surface area (Å²) >= 11 is 0. The van der Waals surface area contributed by atoms with Crippen LogP contribution in [0.5, 0.6) is 0 Å². The molecular formula is C16H31FN2O. The second-order valence-corrected chi connectivity index (χ2v) is 6.88. The van der Waals surface area contributed by atoms with E-state index in [1.54, 1.807) is 0 Å². The van der Waals surface area contributed by atoms with E-state index in [1.807, 2.05) is 7.05 Å². The summed E-state index contributed by atoms with van der Waals surface area (Å²) in [6.07, 6.45) is 2.93. The second-order valence-electron chi connectivity index (χ2n) is 6.88. The highest BCUT2D eigenvalue weighted by Crippen LogP contribution is 2.33. The summed E-state index contributed by atoms with van der Waals surface area (Å²) in [4.78, 5) is 2.39. The molecule has 3 nitrogen and oxygen atoms in total. The molecule has 0 radical (unpaired) electrons. The molecule has 0 spiro atoms. The predicted octanol–water partition coefficient (Wildman–Crippen LogP) is 2.46. The van der Waals surface area contributed by atoms with Gasteiger partial charge in [0.05, 0.1) is 12.2 Å². The minimum absolute atomic E-state index is 0.175. The van der Waals surface area contributed by atoms with Gasteiger partial charge in [0.2, 0.25) is 0 Å². The van der Waals surface area contributed by atoms with Crippen LogP contribution >= 0.6 is 0 Å². The molecule has 1 saturated heterocycles. The molecule has 1 heterocycles. The molecule has 1 aliphatic heterocycles. The van der Waals surface area contributed by atoms with E-state index in [9.17, 15) is 4.39 Å².